The number of esters is 1. The molecule has 0 bridgehead atoms. The Bertz CT molecular complexity index is 48.4. The second kappa shape index (κ2) is 10.1. The van der Waals surface area contributed by atoms with E-state index in [0.29, 0.717) is 0 Å². The summed E-state index contributed by atoms with van der Waals surface area (Å²) in [6, 6.07) is 0. The zero-order valence-electron chi connectivity index (χ0n) is 5.30. The van der Waals surface area contributed by atoms with E-state index in [4.69, 9.17) is 0 Å². The molecule has 0 N–H and O–H groups in total. The van der Waals surface area contributed by atoms with Crippen molar-refractivity contribution in [3.05, 3.63) is 13.8 Å². The molecule has 0 aromatic carbocycles. The predicted octanol–water partition coefficient (Wildman–Crippen LogP) is 0.831. The van der Waals surface area contributed by atoms with Gasteiger partial charge in [0.05, 0.1) is 7.11 Å². The molecule has 0 aliphatic carbocycles. The summed E-state index contributed by atoms with van der Waals surface area (Å²) in [5, 5.41) is 0. The molecule has 0 unspecified atom stereocenters. The van der Waals surface area contributed by atoms with E-state index < -0.39 is 0 Å². The Morgan fingerprint density at radius 3 is 2.00 bits per heavy atom. The third kappa shape index (κ3) is 9.39. The van der Waals surface area contributed by atoms with Crippen LogP contribution in [0.3, 0.4) is 0 Å². The maximum Gasteiger partial charge on any atom is 2.00 e. The molecule has 0 heterocycles. The summed E-state index contributed by atoms with van der Waals surface area (Å²) >= 11 is 0. The number of ether oxygens (including phenoxy) is 1. The van der Waals surface area contributed by atoms with E-state index >= 15 is 0 Å². The molecule has 0 saturated heterocycles. The third-order valence-electron chi connectivity index (χ3n) is 0.437. The van der Waals surface area contributed by atoms with Crippen LogP contribution < -0.4 is 0 Å². The Labute approximate surface area is 64.9 Å². The van der Waals surface area contributed by atoms with Gasteiger partial charge in [-0.25, -0.2) is 0 Å². The fraction of sp³-hybridized carbons (Fsp3) is 0.400. The van der Waals surface area contributed by atoms with Crippen LogP contribution in [0.5, 0.6) is 0 Å². The van der Waals surface area contributed by atoms with Crippen LogP contribution in [0.2, 0.25) is 0 Å². The van der Waals surface area contributed by atoms with Crippen LogP contribution in [0.25, 0.3) is 0 Å². The van der Waals surface area contributed by atoms with Gasteiger partial charge >= 0.3 is 21.1 Å². The van der Waals surface area contributed by atoms with Gasteiger partial charge in [0.15, 0.2) is 5.97 Å². The van der Waals surface area contributed by atoms with Crippen molar-refractivity contribution in [3.63, 3.8) is 0 Å². The quantitative estimate of drug-likeness (QED) is 0.527. The van der Waals surface area contributed by atoms with Gasteiger partial charge in [-0.1, -0.05) is 0 Å². The second-order valence-corrected chi connectivity index (χ2v) is 0.812. The van der Waals surface area contributed by atoms with E-state index in [0.717, 1.165) is 0 Å². The van der Waals surface area contributed by atoms with Crippen molar-refractivity contribution in [1.29, 1.82) is 0 Å². The molecule has 0 rings (SSSR count). The maximum atomic E-state index is 9.90. The van der Waals surface area contributed by atoms with E-state index in [1.54, 1.807) is 6.92 Å². The molecular formula is C5H10O2W. The summed E-state index contributed by atoms with van der Waals surface area (Å²) in [6.07, 6.45) is 1.36. The van der Waals surface area contributed by atoms with Gasteiger partial charge in [-0.2, -0.15) is 6.92 Å². The fourth-order valence-electron chi connectivity index (χ4n) is 0.118. The van der Waals surface area contributed by atoms with Crippen molar-refractivity contribution in [2.75, 3.05) is 7.11 Å². The van der Waals surface area contributed by atoms with Crippen LogP contribution in [-0.4, -0.2) is 13.1 Å². The van der Waals surface area contributed by atoms with E-state index in [-0.39, 0.29) is 34.5 Å². The molecule has 0 amide bonds. The molecule has 0 aromatic rings. The summed E-state index contributed by atoms with van der Waals surface area (Å²) in [6.45, 7) is 1.63. The first kappa shape index (κ1) is 15.7. The summed E-state index contributed by atoms with van der Waals surface area (Å²) in [5.41, 5.74) is 0. The monoisotopic (exact) mass is 286 g/mol. The average molecular weight is 286 g/mol. The topological polar surface area (TPSA) is 26.3 Å². The van der Waals surface area contributed by atoms with Gasteiger partial charge in [-0.15, -0.1) is 0 Å². The minimum Gasteiger partial charge on any atom is -0.491 e. The van der Waals surface area contributed by atoms with Gasteiger partial charge in [0.2, 0.25) is 0 Å². The number of methoxy groups -OCH3 is 1. The molecule has 2 nitrogen and oxygen atoms in total. The van der Waals surface area contributed by atoms with Gasteiger partial charge in [-0.05, 0) is 0 Å². The first-order valence-corrected chi connectivity index (χ1v) is 1.68. The number of hydrogen-bond acceptors (Lipinski definition) is 2. The Morgan fingerprint density at radius 1 is 1.62 bits per heavy atom. The van der Waals surface area contributed by atoms with E-state index in [9.17, 15) is 4.79 Å². The normalized spacial score (nSPS) is 5.25. The number of hydrogen-bond donors (Lipinski definition) is 0. The van der Waals surface area contributed by atoms with Crippen LogP contribution in [0.4, 0.5) is 0 Å². The molecule has 48 valence electrons. The minimum absolute atomic E-state index is 0. The number of carbonyl (C=O) groups excluding carboxylic acids is 1. The fourth-order valence-corrected chi connectivity index (χ4v) is 0.118. The zero-order chi connectivity index (χ0) is 4.99. The van der Waals surface area contributed by atoms with Crippen LogP contribution in [-0.2, 0) is 30.6 Å². The second-order valence-electron chi connectivity index (χ2n) is 0.812. The molecule has 0 saturated carbocycles. The van der Waals surface area contributed by atoms with Gasteiger partial charge in [0.25, 0.3) is 0 Å². The molecule has 3 heteroatoms. The summed E-state index contributed by atoms with van der Waals surface area (Å²) in [4.78, 5) is 9.90. The van der Waals surface area contributed by atoms with Crippen molar-refractivity contribution in [1.82, 2.24) is 0 Å². The van der Waals surface area contributed by atoms with Gasteiger partial charge in [-0.3, -0.25) is 11.2 Å². The van der Waals surface area contributed by atoms with E-state index in [1.165, 1.54) is 13.5 Å². The van der Waals surface area contributed by atoms with Crippen LogP contribution in [0.15, 0.2) is 0 Å². The van der Waals surface area contributed by atoms with Crippen molar-refractivity contribution in [2.45, 2.75) is 6.92 Å². The maximum absolute atomic E-state index is 9.90. The number of carbonyl (C=O) groups is 1. The predicted molar refractivity (Wildman–Crippen MR) is 28.4 cm³/mol. The zero-order valence-corrected chi connectivity index (χ0v) is 8.24. The van der Waals surface area contributed by atoms with Gasteiger partial charge in [0, 0.05) is 0 Å². The van der Waals surface area contributed by atoms with Gasteiger partial charge in [0.1, 0.15) is 0 Å². The molecule has 0 aromatic heterocycles. The molecule has 8 heavy (non-hydrogen) atoms. The SMILES string of the molecule is C[CH-]C(=O)OC.[CH3-].[W+2]. The molecular weight excluding hydrogens is 276 g/mol. The molecule has 0 aliphatic rings. The standard InChI is InChI=1S/C4H7O2.CH3.W/c1-3-4(5)6-2;;/h3H,1-2H3;1H3;/q2*-1;+2. The Hall–Kier alpha value is 0.0283. The third-order valence-corrected chi connectivity index (χ3v) is 0.437. The molecule has 0 fully saturated rings. The van der Waals surface area contributed by atoms with Crippen molar-refractivity contribution in [3.8, 4) is 0 Å². The van der Waals surface area contributed by atoms with Crippen LogP contribution in [0, 0.1) is 13.8 Å². The number of rotatable bonds is 1. The molecule has 0 radical (unpaired) electrons. The van der Waals surface area contributed by atoms with Crippen molar-refractivity contribution < 1.29 is 30.6 Å². The Kier molecular flexibility index (Phi) is 19.8. The summed E-state index contributed by atoms with van der Waals surface area (Å²) in [5.74, 6) is -0.282. The Morgan fingerprint density at radius 2 is 2.00 bits per heavy atom. The van der Waals surface area contributed by atoms with E-state index in [1.807, 2.05) is 0 Å². The van der Waals surface area contributed by atoms with Crippen LogP contribution >= 0.6 is 0 Å². The smallest absolute Gasteiger partial charge is 0.491 e. The molecule has 0 aliphatic heterocycles. The Balaban J connectivity index is -0.000000125. The average Bonchev–Trinajstić information content (AvgIpc) is 1.65. The minimum atomic E-state index is -0.282. The largest absolute Gasteiger partial charge is 2.00 e. The summed E-state index contributed by atoms with van der Waals surface area (Å²) < 4.78 is 4.20. The molecule has 0 spiro atoms. The van der Waals surface area contributed by atoms with Gasteiger partial charge < -0.3 is 12.2 Å². The van der Waals surface area contributed by atoms with E-state index in [2.05, 4.69) is 4.74 Å². The molecule has 0 atom stereocenters. The van der Waals surface area contributed by atoms with Crippen molar-refractivity contribution >= 4 is 5.97 Å². The first-order chi connectivity index (χ1) is 2.81. The van der Waals surface area contributed by atoms with Crippen molar-refractivity contribution in [2.24, 2.45) is 0 Å². The summed E-state index contributed by atoms with van der Waals surface area (Å²) in [7, 11) is 1.35. The van der Waals surface area contributed by atoms with Crippen LogP contribution in [0.1, 0.15) is 6.92 Å². The first-order valence-electron chi connectivity index (χ1n) is 1.68.